The Bertz CT molecular complexity index is 1010. The number of rotatable bonds is 5. The fourth-order valence-corrected chi connectivity index (χ4v) is 4.16. The quantitative estimate of drug-likeness (QED) is 0.674. The molecule has 0 atom stereocenters. The topological polar surface area (TPSA) is 37.9 Å². The Hall–Kier alpha value is -2.88. The van der Waals surface area contributed by atoms with Crippen LogP contribution in [0.2, 0.25) is 0 Å². The molecular formula is C24H28N3O+. The van der Waals surface area contributed by atoms with Crippen LogP contribution in [0.3, 0.4) is 0 Å². The van der Waals surface area contributed by atoms with Gasteiger partial charge in [0, 0.05) is 40.3 Å². The number of hydrogen-bond acceptors (Lipinski definition) is 1. The average Bonchev–Trinajstić information content (AvgIpc) is 3.29. The lowest BCUT2D eigenvalue weighted by Crippen LogP contribution is -2.35. The third-order valence-electron chi connectivity index (χ3n) is 5.75. The van der Waals surface area contributed by atoms with Crippen LogP contribution in [0.5, 0.6) is 0 Å². The van der Waals surface area contributed by atoms with E-state index < -0.39 is 0 Å². The van der Waals surface area contributed by atoms with Crippen molar-refractivity contribution >= 4 is 29.0 Å². The third-order valence-corrected chi connectivity index (χ3v) is 5.75. The van der Waals surface area contributed by atoms with Crippen LogP contribution < -0.4 is 9.88 Å². The van der Waals surface area contributed by atoms with Crippen molar-refractivity contribution < 1.29 is 9.36 Å². The maximum atomic E-state index is 12.6. The van der Waals surface area contributed by atoms with Crippen molar-refractivity contribution in [3.05, 3.63) is 65.6 Å². The first kappa shape index (κ1) is 18.5. The molecule has 3 aromatic rings. The van der Waals surface area contributed by atoms with E-state index >= 15 is 0 Å². The molecule has 0 saturated heterocycles. The monoisotopic (exact) mass is 374 g/mol. The highest BCUT2D eigenvalue weighted by Crippen LogP contribution is 2.28. The van der Waals surface area contributed by atoms with Gasteiger partial charge in [-0.1, -0.05) is 43.2 Å². The summed E-state index contributed by atoms with van der Waals surface area (Å²) in [4.78, 5) is 12.6. The zero-order valence-corrected chi connectivity index (χ0v) is 16.7. The zero-order valence-electron chi connectivity index (χ0n) is 16.7. The normalized spacial score (nSPS) is 14.9. The molecule has 4 heteroatoms. The number of para-hydroxylation sites is 1. The molecular weight excluding hydrogens is 346 g/mol. The van der Waals surface area contributed by atoms with Gasteiger partial charge in [-0.2, -0.15) is 0 Å². The van der Waals surface area contributed by atoms with Crippen LogP contribution in [0.1, 0.15) is 42.5 Å². The highest BCUT2D eigenvalue weighted by molar-refractivity contribution is 5.94. The van der Waals surface area contributed by atoms with Gasteiger partial charge in [0.2, 0.25) is 5.91 Å². The SMILES string of the molecule is Cc1c(/C=C/c2cc[n+](C)cc2)c2ccccc2n1CC(=O)NC1CCCC1. The molecule has 1 N–H and O–H groups in total. The van der Waals surface area contributed by atoms with E-state index in [2.05, 4.69) is 59.3 Å². The highest BCUT2D eigenvalue weighted by atomic mass is 16.2. The van der Waals surface area contributed by atoms with Crippen molar-refractivity contribution in [2.75, 3.05) is 0 Å². The van der Waals surface area contributed by atoms with Gasteiger partial charge >= 0.3 is 0 Å². The molecule has 1 saturated carbocycles. The summed E-state index contributed by atoms with van der Waals surface area (Å²) in [7, 11) is 2.02. The van der Waals surface area contributed by atoms with Gasteiger partial charge in [-0.15, -0.1) is 0 Å². The van der Waals surface area contributed by atoms with Gasteiger partial charge in [-0.05, 0) is 31.4 Å². The summed E-state index contributed by atoms with van der Waals surface area (Å²) in [6, 6.07) is 12.9. The Kier molecular flexibility index (Phi) is 5.29. The van der Waals surface area contributed by atoms with Crippen LogP contribution in [-0.4, -0.2) is 16.5 Å². The van der Waals surface area contributed by atoms with E-state index in [4.69, 9.17) is 0 Å². The number of pyridine rings is 1. The summed E-state index contributed by atoms with van der Waals surface area (Å²) in [5.41, 5.74) is 4.58. The Morgan fingerprint density at radius 2 is 1.86 bits per heavy atom. The molecule has 1 aromatic carbocycles. The minimum Gasteiger partial charge on any atom is -0.352 e. The summed E-state index contributed by atoms with van der Waals surface area (Å²) in [6.07, 6.45) is 13.1. The van der Waals surface area contributed by atoms with E-state index in [1.54, 1.807) is 0 Å². The van der Waals surface area contributed by atoms with Crippen molar-refractivity contribution in [2.45, 2.75) is 45.2 Å². The fraction of sp³-hybridized carbons (Fsp3) is 0.333. The molecule has 2 heterocycles. The van der Waals surface area contributed by atoms with Crippen LogP contribution in [-0.2, 0) is 18.4 Å². The van der Waals surface area contributed by atoms with Crippen LogP contribution in [0.15, 0.2) is 48.8 Å². The van der Waals surface area contributed by atoms with E-state index in [0.717, 1.165) is 29.6 Å². The minimum absolute atomic E-state index is 0.113. The number of aromatic nitrogens is 2. The lowest BCUT2D eigenvalue weighted by atomic mass is 10.1. The molecule has 4 nitrogen and oxygen atoms in total. The zero-order chi connectivity index (χ0) is 19.5. The molecule has 4 rings (SSSR count). The van der Waals surface area contributed by atoms with Crippen LogP contribution in [0, 0.1) is 6.92 Å². The van der Waals surface area contributed by atoms with Crippen molar-refractivity contribution in [2.24, 2.45) is 7.05 Å². The van der Waals surface area contributed by atoms with E-state index in [-0.39, 0.29) is 5.91 Å². The summed E-state index contributed by atoms with van der Waals surface area (Å²) in [6.45, 7) is 2.48. The molecule has 144 valence electrons. The molecule has 2 aromatic heterocycles. The first-order valence-electron chi connectivity index (χ1n) is 10.1. The predicted octanol–water partition coefficient (Wildman–Crippen LogP) is 4.00. The van der Waals surface area contributed by atoms with Gasteiger partial charge in [-0.3, -0.25) is 4.79 Å². The number of benzene rings is 1. The van der Waals surface area contributed by atoms with Gasteiger partial charge in [0.25, 0.3) is 0 Å². The number of hydrogen-bond donors (Lipinski definition) is 1. The molecule has 1 amide bonds. The van der Waals surface area contributed by atoms with Crippen molar-refractivity contribution in [3.63, 3.8) is 0 Å². The Morgan fingerprint density at radius 1 is 1.14 bits per heavy atom. The maximum Gasteiger partial charge on any atom is 0.240 e. The highest BCUT2D eigenvalue weighted by Gasteiger charge is 2.19. The minimum atomic E-state index is 0.113. The standard InChI is InChI=1S/C24H27N3O/c1-18-21(12-11-19-13-15-26(2)16-14-19)22-9-5-6-10-23(22)27(18)17-24(28)25-20-7-3-4-8-20/h5-6,9-16,20H,3-4,7-8,17H2,1-2H3/p+1. The second-order valence-electron chi connectivity index (χ2n) is 7.78. The number of nitrogens with zero attached hydrogens (tertiary/aromatic N) is 2. The fourth-order valence-electron chi connectivity index (χ4n) is 4.16. The Morgan fingerprint density at radius 3 is 2.61 bits per heavy atom. The van der Waals surface area contributed by atoms with E-state index in [9.17, 15) is 4.79 Å². The number of fused-ring (bicyclic) bond motifs is 1. The number of nitrogens with one attached hydrogen (secondary N) is 1. The largest absolute Gasteiger partial charge is 0.352 e. The predicted molar refractivity (Wildman–Crippen MR) is 114 cm³/mol. The molecule has 1 fully saturated rings. The molecule has 28 heavy (non-hydrogen) atoms. The smallest absolute Gasteiger partial charge is 0.240 e. The maximum absolute atomic E-state index is 12.6. The summed E-state index contributed by atoms with van der Waals surface area (Å²) < 4.78 is 4.17. The van der Waals surface area contributed by atoms with Crippen molar-refractivity contribution in [1.29, 1.82) is 0 Å². The lowest BCUT2D eigenvalue weighted by molar-refractivity contribution is -0.671. The van der Waals surface area contributed by atoms with Crippen LogP contribution in [0.4, 0.5) is 0 Å². The molecule has 0 aliphatic heterocycles. The van der Waals surface area contributed by atoms with Crippen LogP contribution in [0.25, 0.3) is 23.1 Å². The summed E-state index contributed by atoms with van der Waals surface area (Å²) >= 11 is 0. The second kappa shape index (κ2) is 8.01. The van der Waals surface area contributed by atoms with Crippen molar-refractivity contribution in [1.82, 2.24) is 9.88 Å². The van der Waals surface area contributed by atoms with E-state index in [1.165, 1.54) is 23.8 Å². The Balaban J connectivity index is 1.63. The van der Waals surface area contributed by atoms with Gasteiger partial charge in [-0.25, -0.2) is 4.57 Å². The molecule has 0 bridgehead atoms. The lowest BCUT2D eigenvalue weighted by Gasteiger charge is -2.14. The Labute approximate surface area is 166 Å². The first-order valence-corrected chi connectivity index (χ1v) is 10.1. The number of aryl methyl sites for hydroxylation is 1. The van der Waals surface area contributed by atoms with Gasteiger partial charge in [0.15, 0.2) is 12.4 Å². The van der Waals surface area contributed by atoms with E-state index in [1.807, 2.05) is 30.1 Å². The second-order valence-corrected chi connectivity index (χ2v) is 7.78. The summed E-state index contributed by atoms with van der Waals surface area (Å²) in [5.74, 6) is 0.113. The molecule has 0 spiro atoms. The molecule has 0 unspecified atom stereocenters. The number of carbonyl (C=O) groups excluding carboxylic acids is 1. The van der Waals surface area contributed by atoms with Gasteiger partial charge in [0.05, 0.1) is 0 Å². The van der Waals surface area contributed by atoms with Crippen LogP contribution >= 0.6 is 0 Å². The van der Waals surface area contributed by atoms with Gasteiger partial charge in [0.1, 0.15) is 13.6 Å². The van der Waals surface area contributed by atoms with Crippen molar-refractivity contribution in [3.8, 4) is 0 Å². The molecule has 1 aliphatic rings. The number of carbonyl (C=O) groups is 1. The average molecular weight is 375 g/mol. The number of amides is 1. The molecule has 1 aliphatic carbocycles. The van der Waals surface area contributed by atoms with Gasteiger partial charge < -0.3 is 9.88 Å². The van der Waals surface area contributed by atoms with E-state index in [0.29, 0.717) is 12.6 Å². The molecule has 0 radical (unpaired) electrons. The third kappa shape index (κ3) is 3.86. The first-order chi connectivity index (χ1) is 13.6. The summed E-state index contributed by atoms with van der Waals surface area (Å²) in [5, 5.41) is 4.40.